The Morgan fingerprint density at radius 1 is 1.22 bits per heavy atom. The van der Waals surface area contributed by atoms with E-state index in [2.05, 4.69) is 12.2 Å². The highest BCUT2D eigenvalue weighted by molar-refractivity contribution is 4.78. The van der Waals surface area contributed by atoms with Crippen LogP contribution >= 0.6 is 0 Å². The molecule has 2 rings (SSSR count). The molecular weight excluding hydrogens is 222 g/mol. The van der Waals surface area contributed by atoms with Crippen molar-refractivity contribution in [2.45, 2.75) is 83.3 Å². The summed E-state index contributed by atoms with van der Waals surface area (Å²) in [6, 6.07) is 0.775. The smallest absolute Gasteiger partial charge is 0.0576 e. The standard InChI is InChI=1S/C16H31NO/c1-2-11-17-15(13-14-6-3-7-14)8-4-9-16-10-5-12-18-16/h14-17H,2-13H2,1H3. The van der Waals surface area contributed by atoms with Gasteiger partial charge in [-0.25, -0.2) is 0 Å². The number of rotatable bonds is 9. The molecule has 1 saturated carbocycles. The topological polar surface area (TPSA) is 21.3 Å². The minimum absolute atomic E-state index is 0.584. The van der Waals surface area contributed by atoms with E-state index in [-0.39, 0.29) is 0 Å². The van der Waals surface area contributed by atoms with Crippen LogP contribution in [0.2, 0.25) is 0 Å². The van der Waals surface area contributed by atoms with E-state index in [1.165, 1.54) is 70.8 Å². The largest absolute Gasteiger partial charge is 0.378 e. The molecule has 2 unspecified atom stereocenters. The van der Waals surface area contributed by atoms with Gasteiger partial charge in [0, 0.05) is 12.6 Å². The van der Waals surface area contributed by atoms with Gasteiger partial charge >= 0.3 is 0 Å². The van der Waals surface area contributed by atoms with Gasteiger partial charge in [0.05, 0.1) is 6.10 Å². The van der Waals surface area contributed by atoms with Crippen LogP contribution in [0.5, 0.6) is 0 Å². The second kappa shape index (κ2) is 8.16. The van der Waals surface area contributed by atoms with Crippen molar-refractivity contribution in [3.8, 4) is 0 Å². The number of ether oxygens (including phenoxy) is 1. The summed E-state index contributed by atoms with van der Waals surface area (Å²) in [5.41, 5.74) is 0. The molecule has 2 aliphatic rings. The first-order valence-corrected chi connectivity index (χ1v) is 8.23. The maximum atomic E-state index is 5.71. The zero-order valence-corrected chi connectivity index (χ0v) is 12.1. The first-order valence-electron chi connectivity index (χ1n) is 8.23. The number of nitrogens with one attached hydrogen (secondary N) is 1. The molecule has 0 radical (unpaired) electrons. The van der Waals surface area contributed by atoms with Crippen LogP contribution in [-0.4, -0.2) is 25.3 Å². The Balaban J connectivity index is 1.59. The Morgan fingerprint density at radius 3 is 2.72 bits per heavy atom. The fourth-order valence-corrected chi connectivity index (χ4v) is 3.25. The molecule has 0 amide bonds. The minimum atomic E-state index is 0.584. The number of hydrogen-bond donors (Lipinski definition) is 1. The first kappa shape index (κ1) is 14.3. The van der Waals surface area contributed by atoms with Gasteiger partial charge in [-0.3, -0.25) is 0 Å². The van der Waals surface area contributed by atoms with E-state index in [4.69, 9.17) is 4.74 Å². The highest BCUT2D eigenvalue weighted by atomic mass is 16.5. The maximum Gasteiger partial charge on any atom is 0.0576 e. The average molecular weight is 253 g/mol. The quantitative estimate of drug-likeness (QED) is 0.673. The second-order valence-corrected chi connectivity index (χ2v) is 6.25. The molecule has 0 aromatic rings. The lowest BCUT2D eigenvalue weighted by Gasteiger charge is -2.30. The van der Waals surface area contributed by atoms with Gasteiger partial charge in [-0.2, -0.15) is 0 Å². The summed E-state index contributed by atoms with van der Waals surface area (Å²) in [6.45, 7) is 4.46. The van der Waals surface area contributed by atoms with Gasteiger partial charge in [0.25, 0.3) is 0 Å². The van der Waals surface area contributed by atoms with Gasteiger partial charge in [-0.05, 0) is 57.4 Å². The van der Waals surface area contributed by atoms with Gasteiger partial charge in [-0.15, -0.1) is 0 Å². The molecule has 106 valence electrons. The number of hydrogen-bond acceptors (Lipinski definition) is 2. The van der Waals surface area contributed by atoms with Crippen molar-refractivity contribution in [2.75, 3.05) is 13.2 Å². The van der Waals surface area contributed by atoms with E-state index in [9.17, 15) is 0 Å². The normalized spacial score (nSPS) is 26.2. The lowest BCUT2D eigenvalue weighted by Crippen LogP contribution is -2.33. The maximum absolute atomic E-state index is 5.71. The van der Waals surface area contributed by atoms with Crippen molar-refractivity contribution in [1.82, 2.24) is 5.32 Å². The summed E-state index contributed by atoms with van der Waals surface area (Å²) < 4.78 is 5.71. The minimum Gasteiger partial charge on any atom is -0.378 e. The Hall–Kier alpha value is -0.0800. The van der Waals surface area contributed by atoms with Crippen LogP contribution in [0.25, 0.3) is 0 Å². The SMILES string of the molecule is CCCNC(CCCC1CCCO1)CC1CCC1. The highest BCUT2D eigenvalue weighted by Gasteiger charge is 2.22. The van der Waals surface area contributed by atoms with Gasteiger partial charge in [0.2, 0.25) is 0 Å². The molecule has 0 aromatic carbocycles. The van der Waals surface area contributed by atoms with E-state index in [0.717, 1.165) is 18.6 Å². The monoisotopic (exact) mass is 253 g/mol. The molecular formula is C16H31NO. The van der Waals surface area contributed by atoms with Gasteiger partial charge in [-0.1, -0.05) is 26.2 Å². The summed E-state index contributed by atoms with van der Waals surface area (Å²) in [6.07, 6.45) is 14.3. The van der Waals surface area contributed by atoms with Crippen LogP contribution < -0.4 is 5.32 Å². The van der Waals surface area contributed by atoms with Crippen LogP contribution in [-0.2, 0) is 4.74 Å². The molecule has 18 heavy (non-hydrogen) atoms. The third kappa shape index (κ3) is 4.89. The Kier molecular flexibility index (Phi) is 6.50. The summed E-state index contributed by atoms with van der Waals surface area (Å²) >= 11 is 0. The second-order valence-electron chi connectivity index (χ2n) is 6.25. The summed E-state index contributed by atoms with van der Waals surface area (Å²) in [5, 5.41) is 3.75. The fourth-order valence-electron chi connectivity index (χ4n) is 3.25. The Morgan fingerprint density at radius 2 is 2.11 bits per heavy atom. The van der Waals surface area contributed by atoms with E-state index in [1.54, 1.807) is 0 Å². The molecule has 2 fully saturated rings. The molecule has 1 N–H and O–H groups in total. The van der Waals surface area contributed by atoms with E-state index < -0.39 is 0 Å². The van der Waals surface area contributed by atoms with Crippen LogP contribution in [0.1, 0.15) is 71.1 Å². The molecule has 1 aliphatic heterocycles. The van der Waals surface area contributed by atoms with Gasteiger partial charge in [0.15, 0.2) is 0 Å². The van der Waals surface area contributed by atoms with Crippen molar-refractivity contribution in [2.24, 2.45) is 5.92 Å². The van der Waals surface area contributed by atoms with Gasteiger partial charge in [0.1, 0.15) is 0 Å². The molecule has 2 atom stereocenters. The van der Waals surface area contributed by atoms with E-state index in [1.807, 2.05) is 0 Å². The summed E-state index contributed by atoms with van der Waals surface area (Å²) in [5.74, 6) is 1.03. The zero-order chi connectivity index (χ0) is 12.6. The molecule has 0 spiro atoms. The Bertz CT molecular complexity index is 209. The lowest BCUT2D eigenvalue weighted by molar-refractivity contribution is 0.101. The predicted octanol–water partition coefficient (Wildman–Crippen LogP) is 3.89. The van der Waals surface area contributed by atoms with Crippen molar-refractivity contribution >= 4 is 0 Å². The van der Waals surface area contributed by atoms with Crippen LogP contribution in [0.3, 0.4) is 0 Å². The van der Waals surface area contributed by atoms with E-state index in [0.29, 0.717) is 6.10 Å². The zero-order valence-electron chi connectivity index (χ0n) is 12.1. The van der Waals surface area contributed by atoms with Crippen molar-refractivity contribution in [1.29, 1.82) is 0 Å². The molecule has 0 bridgehead atoms. The van der Waals surface area contributed by atoms with Crippen LogP contribution in [0, 0.1) is 5.92 Å². The summed E-state index contributed by atoms with van der Waals surface area (Å²) in [4.78, 5) is 0. The average Bonchev–Trinajstić information content (AvgIpc) is 2.82. The Labute approximate surface area is 113 Å². The predicted molar refractivity (Wildman–Crippen MR) is 76.9 cm³/mol. The van der Waals surface area contributed by atoms with E-state index >= 15 is 0 Å². The molecule has 0 aromatic heterocycles. The van der Waals surface area contributed by atoms with Crippen LogP contribution in [0.4, 0.5) is 0 Å². The molecule has 2 nitrogen and oxygen atoms in total. The van der Waals surface area contributed by atoms with Crippen molar-refractivity contribution in [3.05, 3.63) is 0 Å². The highest BCUT2D eigenvalue weighted by Crippen LogP contribution is 2.31. The third-order valence-electron chi connectivity index (χ3n) is 4.63. The van der Waals surface area contributed by atoms with Crippen molar-refractivity contribution in [3.63, 3.8) is 0 Å². The molecule has 1 saturated heterocycles. The van der Waals surface area contributed by atoms with Crippen LogP contribution in [0.15, 0.2) is 0 Å². The van der Waals surface area contributed by atoms with Crippen molar-refractivity contribution < 1.29 is 4.74 Å². The lowest BCUT2D eigenvalue weighted by atomic mass is 9.80. The molecule has 2 heteroatoms. The molecule has 1 heterocycles. The fraction of sp³-hybridized carbons (Fsp3) is 1.00. The first-order chi connectivity index (χ1) is 8.88. The third-order valence-corrected chi connectivity index (χ3v) is 4.63. The molecule has 1 aliphatic carbocycles. The van der Waals surface area contributed by atoms with Gasteiger partial charge < -0.3 is 10.1 Å². The summed E-state index contributed by atoms with van der Waals surface area (Å²) in [7, 11) is 0.